The molecular weight excluding hydrogens is 675 g/mol. The number of benzene rings is 3. The number of sulfonamides is 1. The Bertz CT molecular complexity index is 1940. The lowest BCUT2D eigenvalue weighted by Crippen LogP contribution is -2.48. The van der Waals surface area contributed by atoms with E-state index >= 15 is 0 Å². The zero-order valence-electron chi connectivity index (χ0n) is 25.7. The number of hydrazine groups is 2. The number of imide groups is 1. The SMILES string of the molecule is Cc1ccc(-c2cc(C(F)(F)F)nn2-c2ccc(S(=O)(=O)NC(=O)OCCN(C)N([O-])NOCN3C(=O)c4ccccc4C3=O)cc2)cc1. The van der Waals surface area contributed by atoms with Crippen LogP contribution in [0.3, 0.4) is 0 Å². The first-order valence-corrected chi connectivity index (χ1v) is 15.7. The van der Waals surface area contributed by atoms with Crippen molar-refractivity contribution in [2.75, 3.05) is 26.9 Å². The molecule has 0 radical (unpaired) electrons. The Morgan fingerprint density at radius 2 is 1.59 bits per heavy atom. The Balaban J connectivity index is 1.12. The van der Waals surface area contributed by atoms with Crippen LogP contribution >= 0.6 is 0 Å². The predicted molar refractivity (Wildman–Crippen MR) is 164 cm³/mol. The van der Waals surface area contributed by atoms with Crippen LogP contribution in [0.1, 0.15) is 32.0 Å². The van der Waals surface area contributed by atoms with Gasteiger partial charge < -0.3 is 9.94 Å². The lowest BCUT2D eigenvalue weighted by atomic mass is 10.1. The lowest BCUT2D eigenvalue weighted by molar-refractivity contribution is -0.164. The Hall–Kier alpha value is -5.18. The topological polar surface area (TPSA) is 178 Å². The van der Waals surface area contributed by atoms with Crippen molar-refractivity contribution in [2.45, 2.75) is 18.0 Å². The van der Waals surface area contributed by atoms with Crippen molar-refractivity contribution in [3.05, 3.63) is 106 Å². The summed E-state index contributed by atoms with van der Waals surface area (Å²) in [6.07, 6.45) is -6.10. The van der Waals surface area contributed by atoms with E-state index < -0.39 is 58.0 Å². The van der Waals surface area contributed by atoms with E-state index in [1.165, 1.54) is 31.3 Å². The van der Waals surface area contributed by atoms with Crippen LogP contribution in [-0.4, -0.2) is 78.2 Å². The van der Waals surface area contributed by atoms with Gasteiger partial charge in [0.15, 0.2) is 12.4 Å². The molecule has 0 spiro atoms. The number of ether oxygens (including phenoxy) is 1. The Morgan fingerprint density at radius 1 is 0.980 bits per heavy atom. The summed E-state index contributed by atoms with van der Waals surface area (Å²) in [5, 5.41) is 16.9. The van der Waals surface area contributed by atoms with Gasteiger partial charge in [-0.15, -0.1) is 5.59 Å². The first-order chi connectivity index (χ1) is 23.2. The van der Waals surface area contributed by atoms with Gasteiger partial charge in [-0.3, -0.25) is 14.4 Å². The number of rotatable bonds is 12. The van der Waals surface area contributed by atoms with Crippen LogP contribution in [0.5, 0.6) is 0 Å². The van der Waals surface area contributed by atoms with Gasteiger partial charge in [0.05, 0.1) is 27.4 Å². The second-order valence-electron chi connectivity index (χ2n) is 10.5. The fourth-order valence-corrected chi connectivity index (χ4v) is 5.44. The normalized spacial score (nSPS) is 13.3. The number of fused-ring (bicyclic) bond motifs is 1. The van der Waals surface area contributed by atoms with Crippen LogP contribution in [0.4, 0.5) is 18.0 Å². The first-order valence-electron chi connectivity index (χ1n) is 14.2. The van der Waals surface area contributed by atoms with E-state index in [-0.39, 0.29) is 34.3 Å². The fraction of sp³-hybridized carbons (Fsp3) is 0.200. The Morgan fingerprint density at radius 3 is 2.18 bits per heavy atom. The summed E-state index contributed by atoms with van der Waals surface area (Å²) in [4.78, 5) is 42.3. The average Bonchev–Trinajstić information content (AvgIpc) is 3.61. The van der Waals surface area contributed by atoms with Gasteiger partial charge in [-0.05, 0) is 49.4 Å². The molecule has 4 aromatic rings. The van der Waals surface area contributed by atoms with Gasteiger partial charge in [0.1, 0.15) is 6.61 Å². The highest BCUT2D eigenvalue weighted by molar-refractivity contribution is 7.90. The highest BCUT2D eigenvalue weighted by atomic mass is 32.2. The van der Waals surface area contributed by atoms with Crippen molar-refractivity contribution in [1.29, 1.82) is 0 Å². The van der Waals surface area contributed by atoms with Gasteiger partial charge in [-0.1, -0.05) is 42.0 Å². The third-order valence-electron chi connectivity index (χ3n) is 7.13. The van der Waals surface area contributed by atoms with Crippen molar-refractivity contribution < 1.29 is 45.5 Å². The number of halogens is 3. The smallest absolute Gasteiger partial charge is 0.435 e. The summed E-state index contributed by atoms with van der Waals surface area (Å²) in [6, 6.07) is 18.4. The minimum atomic E-state index is -4.73. The van der Waals surface area contributed by atoms with Gasteiger partial charge in [0, 0.05) is 19.2 Å². The number of aromatic nitrogens is 2. The first kappa shape index (κ1) is 35.1. The number of hydrogen-bond donors (Lipinski definition) is 2. The lowest BCUT2D eigenvalue weighted by Gasteiger charge is -2.36. The van der Waals surface area contributed by atoms with Crippen molar-refractivity contribution in [3.63, 3.8) is 0 Å². The molecule has 0 bridgehead atoms. The van der Waals surface area contributed by atoms with E-state index in [0.29, 0.717) is 5.56 Å². The molecule has 19 heteroatoms. The molecule has 5 rings (SSSR count). The van der Waals surface area contributed by atoms with Crippen LogP contribution < -0.4 is 10.3 Å². The van der Waals surface area contributed by atoms with Gasteiger partial charge in [-0.25, -0.2) is 37.8 Å². The van der Waals surface area contributed by atoms with E-state index in [4.69, 9.17) is 9.57 Å². The molecule has 49 heavy (non-hydrogen) atoms. The number of hydrogen-bond acceptors (Lipinski definition) is 12. The van der Waals surface area contributed by atoms with Gasteiger partial charge in [-0.2, -0.15) is 18.3 Å². The van der Waals surface area contributed by atoms with Gasteiger partial charge >= 0.3 is 12.3 Å². The van der Waals surface area contributed by atoms with Crippen LogP contribution in [0.25, 0.3) is 16.9 Å². The maximum Gasteiger partial charge on any atom is 0.435 e. The standard InChI is InChI=1S/C30H27F3N7O8S/c1-19-7-9-20(10-8-19)25-17-26(30(31,32)33)34-39(25)21-11-13-22(14-12-21)49(45,46)35-29(43)47-16-15-37(2)40(44)36-48-18-38-27(41)23-5-3-4-6-24(23)28(38)42/h3-14,17,36H,15-16,18H2,1-2H3,(H,35,43)/q-1. The van der Waals surface area contributed by atoms with Crippen LogP contribution in [-0.2, 0) is 25.8 Å². The second kappa shape index (κ2) is 14.1. The van der Waals surface area contributed by atoms with Gasteiger partial charge in [0.2, 0.25) is 0 Å². The predicted octanol–water partition coefficient (Wildman–Crippen LogP) is 3.62. The number of alkyl halides is 3. The molecule has 0 atom stereocenters. The maximum absolute atomic E-state index is 13.5. The molecule has 3 aromatic carbocycles. The number of nitrogens with zero attached hydrogens (tertiary/aromatic N) is 5. The molecule has 0 fully saturated rings. The van der Waals surface area contributed by atoms with E-state index in [1.54, 1.807) is 41.1 Å². The zero-order valence-corrected chi connectivity index (χ0v) is 26.5. The second-order valence-corrected chi connectivity index (χ2v) is 12.2. The van der Waals surface area contributed by atoms with Crippen molar-refractivity contribution in [2.24, 2.45) is 0 Å². The number of carbonyl (C=O) groups is 3. The highest BCUT2D eigenvalue weighted by Crippen LogP contribution is 2.33. The van der Waals surface area contributed by atoms with Crippen LogP contribution in [0.2, 0.25) is 0 Å². The molecule has 0 aliphatic carbocycles. The Kier molecular flexibility index (Phi) is 10.1. The third kappa shape index (κ3) is 7.94. The monoisotopic (exact) mass is 702 g/mol. The number of amides is 3. The minimum absolute atomic E-state index is 0.0826. The average molecular weight is 703 g/mol. The summed E-state index contributed by atoms with van der Waals surface area (Å²) in [6.45, 7) is 0.535. The highest BCUT2D eigenvalue weighted by Gasteiger charge is 2.36. The fourth-order valence-electron chi connectivity index (χ4n) is 4.55. The maximum atomic E-state index is 13.5. The number of nitrogens with one attached hydrogen (secondary N) is 2. The van der Waals surface area contributed by atoms with Gasteiger partial charge in [0.25, 0.3) is 21.8 Å². The molecule has 3 amide bonds. The van der Waals surface area contributed by atoms with Crippen LogP contribution in [0.15, 0.2) is 83.8 Å². The molecule has 15 nitrogen and oxygen atoms in total. The van der Waals surface area contributed by atoms with E-state index in [9.17, 15) is 41.2 Å². The largest absolute Gasteiger partial charge is 0.756 e. The van der Waals surface area contributed by atoms with Crippen molar-refractivity contribution in [3.8, 4) is 16.9 Å². The molecule has 0 unspecified atom stereocenters. The molecule has 1 aliphatic rings. The Labute approximate surface area is 276 Å². The summed E-state index contributed by atoms with van der Waals surface area (Å²) >= 11 is 0. The molecule has 2 heterocycles. The summed E-state index contributed by atoms with van der Waals surface area (Å²) in [5.74, 6) is -1.19. The third-order valence-corrected chi connectivity index (χ3v) is 8.46. The quantitative estimate of drug-likeness (QED) is 0.162. The summed E-state index contributed by atoms with van der Waals surface area (Å²) < 4.78 is 73.6. The molecule has 1 aromatic heterocycles. The molecule has 0 saturated heterocycles. The van der Waals surface area contributed by atoms with E-state index in [2.05, 4.69) is 5.10 Å². The number of likely N-dealkylation sites (N-methyl/N-ethyl adjacent to an activating group) is 1. The zero-order chi connectivity index (χ0) is 35.5. The number of aryl methyl sites for hydroxylation is 1. The minimum Gasteiger partial charge on any atom is -0.756 e. The molecule has 0 saturated carbocycles. The molecular formula is C30H27F3N7O8S-. The van der Waals surface area contributed by atoms with E-state index in [1.807, 2.05) is 12.5 Å². The molecule has 1 aliphatic heterocycles. The molecule has 2 N–H and O–H groups in total. The van der Waals surface area contributed by atoms with Crippen LogP contribution in [0, 0.1) is 12.1 Å². The summed E-state index contributed by atoms with van der Waals surface area (Å²) in [5.41, 5.74) is 2.81. The molecule has 258 valence electrons. The summed E-state index contributed by atoms with van der Waals surface area (Å²) in [7, 11) is -3.20. The van der Waals surface area contributed by atoms with Crippen molar-refractivity contribution in [1.82, 2.24) is 35.3 Å². The van der Waals surface area contributed by atoms with Crippen molar-refractivity contribution >= 4 is 27.9 Å². The number of carbonyl (C=O) groups excluding carboxylic acids is 3. The van der Waals surface area contributed by atoms with E-state index in [0.717, 1.165) is 38.4 Å².